The molecule has 1 fully saturated rings. The monoisotopic (exact) mass is 337 g/mol. The summed E-state index contributed by atoms with van der Waals surface area (Å²) < 4.78 is 27.8. The number of sulfone groups is 1. The summed E-state index contributed by atoms with van der Waals surface area (Å²) in [6, 6.07) is 4.52. The summed E-state index contributed by atoms with van der Waals surface area (Å²) in [6.45, 7) is -0.264. The smallest absolute Gasteiger partial charge is 0.258 e. The van der Waals surface area contributed by atoms with Gasteiger partial charge in [0.25, 0.3) is 5.91 Å². The van der Waals surface area contributed by atoms with Crippen LogP contribution in [-0.4, -0.2) is 38.5 Å². The quantitative estimate of drug-likeness (QED) is 0.907. The Labute approximate surface area is 127 Å². The number of halogens is 2. The zero-order chi connectivity index (χ0) is 14.8. The van der Waals surface area contributed by atoms with E-state index in [1.165, 1.54) is 0 Å². The van der Waals surface area contributed by atoms with Gasteiger partial charge in [-0.3, -0.25) is 4.79 Å². The Balaban J connectivity index is 1.87. The van der Waals surface area contributed by atoms with E-state index in [-0.39, 0.29) is 29.9 Å². The van der Waals surface area contributed by atoms with Crippen molar-refractivity contribution in [1.82, 2.24) is 5.32 Å². The number of nitrogens with one attached hydrogen (secondary N) is 1. The highest BCUT2D eigenvalue weighted by Crippen LogP contribution is 2.32. The van der Waals surface area contributed by atoms with Gasteiger partial charge in [0.2, 0.25) is 0 Å². The fraction of sp³-hybridized carbons (Fsp3) is 0.417. The van der Waals surface area contributed by atoms with Crippen LogP contribution in [0.4, 0.5) is 0 Å². The molecule has 0 aliphatic carbocycles. The topological polar surface area (TPSA) is 72.5 Å². The molecule has 1 aliphatic rings. The Bertz CT molecular complexity index is 598. The second kappa shape index (κ2) is 6.20. The van der Waals surface area contributed by atoms with E-state index in [1.54, 1.807) is 18.2 Å². The molecule has 1 saturated heterocycles. The lowest BCUT2D eigenvalue weighted by Crippen LogP contribution is -2.38. The predicted octanol–water partition coefficient (Wildman–Crippen LogP) is 1.68. The molecule has 0 unspecified atom stereocenters. The minimum absolute atomic E-state index is 0.0222. The van der Waals surface area contributed by atoms with E-state index in [1.807, 2.05) is 0 Å². The zero-order valence-corrected chi connectivity index (χ0v) is 12.8. The third-order valence-electron chi connectivity index (χ3n) is 2.86. The first-order chi connectivity index (χ1) is 9.37. The van der Waals surface area contributed by atoms with Crippen molar-refractivity contribution in [2.24, 2.45) is 0 Å². The summed E-state index contributed by atoms with van der Waals surface area (Å²) in [4.78, 5) is 11.7. The number of para-hydroxylation sites is 1. The van der Waals surface area contributed by atoms with Crippen molar-refractivity contribution in [3.63, 3.8) is 0 Å². The minimum atomic E-state index is -3.02. The number of carbonyl (C=O) groups is 1. The molecule has 0 aromatic heterocycles. The second-order valence-corrected chi connectivity index (χ2v) is 7.55. The molecule has 1 amide bonds. The maximum absolute atomic E-state index is 11.7. The largest absolute Gasteiger partial charge is 0.481 e. The van der Waals surface area contributed by atoms with E-state index in [0.29, 0.717) is 16.5 Å². The van der Waals surface area contributed by atoms with Crippen molar-refractivity contribution in [2.45, 2.75) is 12.5 Å². The van der Waals surface area contributed by atoms with E-state index in [9.17, 15) is 13.2 Å². The Morgan fingerprint density at radius 1 is 1.35 bits per heavy atom. The lowest BCUT2D eigenvalue weighted by atomic mass is 10.2. The van der Waals surface area contributed by atoms with E-state index in [4.69, 9.17) is 27.9 Å². The molecule has 20 heavy (non-hydrogen) atoms. The van der Waals surface area contributed by atoms with Crippen molar-refractivity contribution in [2.75, 3.05) is 18.1 Å². The third kappa shape index (κ3) is 4.01. The molecule has 0 spiro atoms. The summed E-state index contributed by atoms with van der Waals surface area (Å²) in [7, 11) is -3.02. The normalized spacial score (nSPS) is 20.6. The van der Waals surface area contributed by atoms with Crippen LogP contribution in [0.3, 0.4) is 0 Å². The summed E-state index contributed by atoms with van der Waals surface area (Å²) in [5.74, 6) is -0.0751. The molecule has 1 N–H and O–H groups in total. The molecular weight excluding hydrogens is 325 g/mol. The van der Waals surface area contributed by atoms with Gasteiger partial charge in [0.1, 0.15) is 0 Å². The summed E-state index contributed by atoms with van der Waals surface area (Å²) >= 11 is 11.8. The van der Waals surface area contributed by atoms with Crippen LogP contribution in [0.2, 0.25) is 10.0 Å². The van der Waals surface area contributed by atoms with Crippen molar-refractivity contribution < 1.29 is 17.9 Å². The Hall–Kier alpha value is -0.980. The lowest BCUT2D eigenvalue weighted by molar-refractivity contribution is -0.123. The molecule has 8 heteroatoms. The standard InChI is InChI=1S/C12H13Cl2NO4S/c13-9-2-1-3-10(14)12(9)19-6-11(16)15-8-4-5-20(17,18)7-8/h1-3,8H,4-7H2,(H,15,16)/t8-/m0/s1. The summed E-state index contributed by atoms with van der Waals surface area (Å²) in [5.41, 5.74) is 0. The van der Waals surface area contributed by atoms with Gasteiger partial charge in [0.15, 0.2) is 22.2 Å². The van der Waals surface area contributed by atoms with E-state index < -0.39 is 15.7 Å². The molecule has 5 nitrogen and oxygen atoms in total. The number of ether oxygens (including phenoxy) is 1. The van der Waals surface area contributed by atoms with Crippen molar-refractivity contribution in [3.05, 3.63) is 28.2 Å². The molecule has 0 radical (unpaired) electrons. The Kier molecular flexibility index (Phi) is 4.78. The highest BCUT2D eigenvalue weighted by Gasteiger charge is 2.28. The Morgan fingerprint density at radius 3 is 2.55 bits per heavy atom. The van der Waals surface area contributed by atoms with Gasteiger partial charge in [-0.05, 0) is 18.6 Å². The van der Waals surface area contributed by atoms with Gasteiger partial charge in [0, 0.05) is 6.04 Å². The summed E-state index contributed by atoms with van der Waals surface area (Å²) in [5, 5.41) is 3.24. The first-order valence-electron chi connectivity index (χ1n) is 5.94. The van der Waals surface area contributed by atoms with Gasteiger partial charge in [0.05, 0.1) is 21.6 Å². The van der Waals surface area contributed by atoms with Crippen LogP contribution in [0.15, 0.2) is 18.2 Å². The first kappa shape index (κ1) is 15.4. The molecule has 1 aromatic carbocycles. The molecule has 2 rings (SSSR count). The zero-order valence-electron chi connectivity index (χ0n) is 10.4. The van der Waals surface area contributed by atoms with E-state index in [2.05, 4.69) is 5.32 Å². The van der Waals surface area contributed by atoms with Gasteiger partial charge >= 0.3 is 0 Å². The number of hydrogen-bond acceptors (Lipinski definition) is 4. The minimum Gasteiger partial charge on any atom is -0.481 e. The van der Waals surface area contributed by atoms with Crippen LogP contribution in [0.1, 0.15) is 6.42 Å². The fourth-order valence-corrected chi connectivity index (χ4v) is 4.12. The third-order valence-corrected chi connectivity index (χ3v) is 5.23. The molecule has 1 atom stereocenters. The number of carbonyl (C=O) groups excluding carboxylic acids is 1. The fourth-order valence-electron chi connectivity index (χ4n) is 1.94. The lowest BCUT2D eigenvalue weighted by Gasteiger charge is -2.13. The van der Waals surface area contributed by atoms with Crippen molar-refractivity contribution in [3.8, 4) is 5.75 Å². The molecule has 0 bridgehead atoms. The van der Waals surface area contributed by atoms with Crippen LogP contribution in [0.25, 0.3) is 0 Å². The van der Waals surface area contributed by atoms with Gasteiger partial charge in [-0.2, -0.15) is 0 Å². The number of hydrogen-bond donors (Lipinski definition) is 1. The second-order valence-electron chi connectivity index (χ2n) is 4.51. The average Bonchev–Trinajstić information content (AvgIpc) is 2.68. The molecule has 1 aromatic rings. The van der Waals surface area contributed by atoms with E-state index >= 15 is 0 Å². The van der Waals surface area contributed by atoms with Crippen LogP contribution < -0.4 is 10.1 Å². The van der Waals surface area contributed by atoms with Gasteiger partial charge in [-0.15, -0.1) is 0 Å². The number of amides is 1. The molecule has 1 heterocycles. The van der Waals surface area contributed by atoms with Crippen LogP contribution in [-0.2, 0) is 14.6 Å². The van der Waals surface area contributed by atoms with Crippen molar-refractivity contribution >= 4 is 38.9 Å². The molecule has 110 valence electrons. The molecule has 1 aliphatic heterocycles. The molecular formula is C12H13Cl2NO4S. The Morgan fingerprint density at radius 2 is 2.00 bits per heavy atom. The first-order valence-corrected chi connectivity index (χ1v) is 8.52. The highest BCUT2D eigenvalue weighted by molar-refractivity contribution is 7.91. The maximum Gasteiger partial charge on any atom is 0.258 e. The molecule has 0 saturated carbocycles. The maximum atomic E-state index is 11.7. The number of rotatable bonds is 4. The van der Waals surface area contributed by atoms with Crippen LogP contribution in [0, 0.1) is 0 Å². The highest BCUT2D eigenvalue weighted by atomic mass is 35.5. The van der Waals surface area contributed by atoms with Crippen molar-refractivity contribution in [1.29, 1.82) is 0 Å². The SMILES string of the molecule is O=C(COc1c(Cl)cccc1Cl)N[C@H]1CCS(=O)(=O)C1. The predicted molar refractivity (Wildman–Crippen MR) is 77.2 cm³/mol. The van der Waals surface area contributed by atoms with Gasteiger partial charge in [-0.25, -0.2) is 8.42 Å². The number of benzene rings is 1. The summed E-state index contributed by atoms with van der Waals surface area (Å²) in [6.07, 6.45) is 0.431. The van der Waals surface area contributed by atoms with Gasteiger partial charge in [-0.1, -0.05) is 29.3 Å². The van der Waals surface area contributed by atoms with Crippen LogP contribution in [0.5, 0.6) is 5.75 Å². The average molecular weight is 338 g/mol. The van der Waals surface area contributed by atoms with Crippen LogP contribution >= 0.6 is 23.2 Å². The van der Waals surface area contributed by atoms with Gasteiger partial charge < -0.3 is 10.1 Å². The van der Waals surface area contributed by atoms with E-state index in [0.717, 1.165) is 0 Å².